The molecule has 2 aromatic rings. The molecular formula is C20H29FN6O. The maximum atomic E-state index is 13.2. The molecule has 1 amide bonds. The molecule has 0 spiro atoms. The summed E-state index contributed by atoms with van der Waals surface area (Å²) in [6, 6.07) is 6.27. The van der Waals surface area contributed by atoms with Crippen LogP contribution in [0.5, 0.6) is 0 Å². The van der Waals surface area contributed by atoms with Crippen LogP contribution in [0.25, 0.3) is 0 Å². The topological polar surface area (TPSA) is 66.3 Å². The number of aromatic nitrogens is 3. The van der Waals surface area contributed by atoms with E-state index >= 15 is 0 Å². The first-order chi connectivity index (χ1) is 13.6. The maximum Gasteiger partial charge on any atom is 0.273 e. The molecule has 152 valence electrons. The van der Waals surface area contributed by atoms with Crippen molar-refractivity contribution in [3.63, 3.8) is 0 Å². The fourth-order valence-electron chi connectivity index (χ4n) is 3.54. The third-order valence-electron chi connectivity index (χ3n) is 5.33. The highest BCUT2D eigenvalue weighted by molar-refractivity contribution is 5.91. The third-order valence-corrected chi connectivity index (χ3v) is 5.33. The minimum absolute atomic E-state index is 0.0792. The summed E-state index contributed by atoms with van der Waals surface area (Å²) >= 11 is 0. The van der Waals surface area contributed by atoms with Gasteiger partial charge in [-0.2, -0.15) is 0 Å². The van der Waals surface area contributed by atoms with Gasteiger partial charge in [-0.25, -0.2) is 9.07 Å². The summed E-state index contributed by atoms with van der Waals surface area (Å²) < 4.78 is 14.8. The minimum Gasteiger partial charge on any atom is -0.349 e. The van der Waals surface area contributed by atoms with E-state index in [9.17, 15) is 9.18 Å². The predicted octanol–water partition coefficient (Wildman–Crippen LogP) is 1.78. The van der Waals surface area contributed by atoms with Gasteiger partial charge in [0.2, 0.25) is 0 Å². The van der Waals surface area contributed by atoms with E-state index in [-0.39, 0.29) is 17.8 Å². The van der Waals surface area contributed by atoms with Crippen molar-refractivity contribution in [1.82, 2.24) is 30.1 Å². The van der Waals surface area contributed by atoms with Crippen molar-refractivity contribution in [2.45, 2.75) is 26.3 Å². The van der Waals surface area contributed by atoms with Crippen molar-refractivity contribution < 1.29 is 9.18 Å². The Bertz CT molecular complexity index is 754. The minimum atomic E-state index is -0.270. The number of benzene rings is 1. The number of rotatable bonds is 8. The van der Waals surface area contributed by atoms with Gasteiger partial charge in [0.25, 0.3) is 5.91 Å². The lowest BCUT2D eigenvalue weighted by Crippen LogP contribution is -2.48. The number of carbonyl (C=O) groups is 1. The highest BCUT2D eigenvalue weighted by Crippen LogP contribution is 2.21. The molecule has 0 saturated carbocycles. The van der Waals surface area contributed by atoms with Gasteiger partial charge < -0.3 is 10.2 Å². The third kappa shape index (κ3) is 5.14. The van der Waals surface area contributed by atoms with E-state index in [1.807, 2.05) is 6.92 Å². The summed E-state index contributed by atoms with van der Waals surface area (Å²) in [5, 5.41) is 11.1. The van der Waals surface area contributed by atoms with E-state index in [1.54, 1.807) is 23.0 Å². The highest BCUT2D eigenvalue weighted by atomic mass is 19.1. The molecule has 0 unspecified atom stereocenters. The van der Waals surface area contributed by atoms with Crippen molar-refractivity contribution in [3.8, 4) is 0 Å². The van der Waals surface area contributed by atoms with E-state index in [1.165, 1.54) is 12.1 Å². The van der Waals surface area contributed by atoms with Crippen LogP contribution >= 0.6 is 0 Å². The summed E-state index contributed by atoms with van der Waals surface area (Å²) in [4.78, 5) is 17.2. The molecule has 1 aliphatic heterocycles. The van der Waals surface area contributed by atoms with E-state index < -0.39 is 0 Å². The number of amides is 1. The molecule has 8 heteroatoms. The lowest BCUT2D eigenvalue weighted by Gasteiger charge is -2.33. The van der Waals surface area contributed by atoms with Crippen molar-refractivity contribution in [1.29, 1.82) is 0 Å². The number of nitrogens with one attached hydrogen (secondary N) is 1. The second kappa shape index (κ2) is 9.75. The fraction of sp³-hybridized carbons (Fsp3) is 0.550. The average Bonchev–Trinajstić information content (AvgIpc) is 3.20. The SMILES string of the molecule is CC[C@H](c1ccc(F)cc1)n1cc(C(=O)NCCN2CCN(CC)CC2)nn1. The molecule has 1 fully saturated rings. The van der Waals surface area contributed by atoms with Gasteiger partial charge in [0, 0.05) is 39.3 Å². The van der Waals surface area contributed by atoms with Gasteiger partial charge in [0.05, 0.1) is 12.2 Å². The number of likely N-dealkylation sites (N-methyl/N-ethyl adjacent to an activating group) is 1. The van der Waals surface area contributed by atoms with Gasteiger partial charge in [0.1, 0.15) is 5.82 Å². The molecule has 0 bridgehead atoms. The first-order valence-electron chi connectivity index (χ1n) is 10.0. The van der Waals surface area contributed by atoms with Crippen molar-refractivity contribution in [2.24, 2.45) is 0 Å². The Balaban J connectivity index is 1.51. The first kappa shape index (κ1) is 20.4. The Kier molecular flexibility index (Phi) is 7.11. The number of piperazine rings is 1. The number of hydrogen-bond acceptors (Lipinski definition) is 5. The highest BCUT2D eigenvalue weighted by Gasteiger charge is 2.18. The van der Waals surface area contributed by atoms with Crippen LogP contribution in [0.3, 0.4) is 0 Å². The molecule has 1 aliphatic rings. The molecule has 2 heterocycles. The number of carbonyl (C=O) groups excluding carboxylic acids is 1. The lowest BCUT2D eigenvalue weighted by molar-refractivity contribution is 0.0933. The maximum absolute atomic E-state index is 13.2. The van der Waals surface area contributed by atoms with Crippen LogP contribution in [0, 0.1) is 5.82 Å². The molecule has 1 atom stereocenters. The van der Waals surface area contributed by atoms with Crippen LogP contribution in [-0.4, -0.2) is 76.5 Å². The van der Waals surface area contributed by atoms with Crippen molar-refractivity contribution in [3.05, 3.63) is 47.5 Å². The summed E-state index contributed by atoms with van der Waals surface area (Å²) in [6.45, 7) is 11.0. The van der Waals surface area contributed by atoms with Crippen LogP contribution < -0.4 is 5.32 Å². The molecule has 1 saturated heterocycles. The second-order valence-electron chi connectivity index (χ2n) is 7.09. The largest absolute Gasteiger partial charge is 0.349 e. The van der Waals surface area contributed by atoms with Crippen molar-refractivity contribution in [2.75, 3.05) is 45.8 Å². The molecular weight excluding hydrogens is 359 g/mol. The molecule has 1 aromatic heterocycles. The van der Waals surface area contributed by atoms with E-state index in [0.717, 1.165) is 51.3 Å². The predicted molar refractivity (Wildman–Crippen MR) is 106 cm³/mol. The number of halogens is 1. The van der Waals surface area contributed by atoms with E-state index in [2.05, 4.69) is 32.4 Å². The van der Waals surface area contributed by atoms with Gasteiger partial charge >= 0.3 is 0 Å². The van der Waals surface area contributed by atoms with Crippen LogP contribution in [0.1, 0.15) is 42.4 Å². The van der Waals surface area contributed by atoms with E-state index in [0.29, 0.717) is 12.2 Å². The smallest absolute Gasteiger partial charge is 0.273 e. The van der Waals surface area contributed by atoms with Gasteiger partial charge in [0.15, 0.2) is 5.69 Å². The van der Waals surface area contributed by atoms with Crippen LogP contribution in [0.15, 0.2) is 30.5 Å². The molecule has 7 nitrogen and oxygen atoms in total. The molecule has 1 N–H and O–H groups in total. The molecule has 0 aliphatic carbocycles. The Hall–Kier alpha value is -2.32. The normalized spacial score (nSPS) is 16.8. The molecule has 1 aromatic carbocycles. The lowest BCUT2D eigenvalue weighted by atomic mass is 10.0. The van der Waals surface area contributed by atoms with Gasteiger partial charge in [-0.1, -0.05) is 31.2 Å². The Morgan fingerprint density at radius 3 is 2.46 bits per heavy atom. The van der Waals surface area contributed by atoms with Gasteiger partial charge in [-0.15, -0.1) is 5.10 Å². The summed E-state index contributed by atoms with van der Waals surface area (Å²) in [7, 11) is 0. The van der Waals surface area contributed by atoms with Crippen LogP contribution in [-0.2, 0) is 0 Å². The Morgan fingerprint density at radius 1 is 1.14 bits per heavy atom. The Labute approximate surface area is 165 Å². The zero-order chi connectivity index (χ0) is 19.9. The summed E-state index contributed by atoms with van der Waals surface area (Å²) in [6.07, 6.45) is 2.42. The van der Waals surface area contributed by atoms with Crippen LogP contribution in [0.2, 0.25) is 0 Å². The fourth-order valence-corrected chi connectivity index (χ4v) is 3.54. The quantitative estimate of drug-likeness (QED) is 0.747. The summed E-state index contributed by atoms with van der Waals surface area (Å²) in [5.41, 5.74) is 1.24. The van der Waals surface area contributed by atoms with Crippen molar-refractivity contribution >= 4 is 5.91 Å². The second-order valence-corrected chi connectivity index (χ2v) is 7.09. The zero-order valence-electron chi connectivity index (χ0n) is 16.6. The molecule has 28 heavy (non-hydrogen) atoms. The number of nitrogens with zero attached hydrogens (tertiary/aromatic N) is 5. The number of hydrogen-bond donors (Lipinski definition) is 1. The standard InChI is InChI=1S/C20H29FN6O/c1-3-19(16-5-7-17(21)8-6-16)27-15-18(23-24-27)20(28)22-9-10-26-13-11-25(4-2)12-14-26/h5-8,15,19H,3-4,9-14H2,1-2H3,(H,22,28)/t19-/m1/s1. The van der Waals surface area contributed by atoms with Crippen LogP contribution in [0.4, 0.5) is 4.39 Å². The molecule has 3 rings (SSSR count). The first-order valence-corrected chi connectivity index (χ1v) is 10.0. The zero-order valence-corrected chi connectivity index (χ0v) is 16.6. The van der Waals surface area contributed by atoms with Gasteiger partial charge in [-0.3, -0.25) is 9.69 Å². The van der Waals surface area contributed by atoms with E-state index in [4.69, 9.17) is 0 Å². The monoisotopic (exact) mass is 388 g/mol. The average molecular weight is 388 g/mol. The van der Waals surface area contributed by atoms with Gasteiger partial charge in [-0.05, 0) is 30.7 Å². The molecule has 0 radical (unpaired) electrons. The summed E-state index contributed by atoms with van der Waals surface area (Å²) in [5.74, 6) is -0.485. The Morgan fingerprint density at radius 2 is 1.82 bits per heavy atom.